The molecular formula is C16H28N4O. The highest BCUT2D eigenvalue weighted by Crippen LogP contribution is 2.28. The van der Waals surface area contributed by atoms with Gasteiger partial charge < -0.3 is 15.7 Å². The second kappa shape index (κ2) is 6.18. The van der Waals surface area contributed by atoms with E-state index in [4.69, 9.17) is 4.98 Å². The van der Waals surface area contributed by atoms with Crippen molar-refractivity contribution in [1.29, 1.82) is 0 Å². The van der Waals surface area contributed by atoms with Crippen LogP contribution in [-0.4, -0.2) is 34.8 Å². The van der Waals surface area contributed by atoms with E-state index in [1.54, 1.807) is 0 Å². The van der Waals surface area contributed by atoms with Gasteiger partial charge in [0, 0.05) is 24.6 Å². The van der Waals surface area contributed by atoms with Gasteiger partial charge in [0.05, 0.1) is 6.10 Å². The number of aromatic nitrogens is 2. The van der Waals surface area contributed by atoms with Gasteiger partial charge in [0.15, 0.2) is 0 Å². The number of aliphatic hydroxyl groups is 1. The molecule has 3 N–H and O–H groups in total. The minimum absolute atomic E-state index is 0.0840. The van der Waals surface area contributed by atoms with Gasteiger partial charge >= 0.3 is 0 Å². The lowest BCUT2D eigenvalue weighted by molar-refractivity contribution is 0.178. The summed E-state index contributed by atoms with van der Waals surface area (Å²) in [6.07, 6.45) is 2.77. The molecular weight excluding hydrogens is 264 g/mol. The average molecular weight is 292 g/mol. The molecule has 1 aromatic rings. The average Bonchev–Trinajstić information content (AvgIpc) is 2.82. The van der Waals surface area contributed by atoms with Crippen molar-refractivity contribution in [3.05, 3.63) is 11.4 Å². The maximum Gasteiger partial charge on any atom is 0.138 e. The minimum Gasteiger partial charge on any atom is -0.393 e. The molecule has 0 spiro atoms. The first-order valence-corrected chi connectivity index (χ1v) is 7.80. The molecule has 1 heterocycles. The molecule has 118 valence electrons. The van der Waals surface area contributed by atoms with Crippen molar-refractivity contribution in [2.75, 3.05) is 24.2 Å². The maximum absolute atomic E-state index is 9.62. The van der Waals surface area contributed by atoms with E-state index in [0.717, 1.165) is 48.8 Å². The largest absolute Gasteiger partial charge is 0.393 e. The van der Waals surface area contributed by atoms with Crippen LogP contribution in [0, 0.1) is 12.8 Å². The third-order valence-corrected chi connectivity index (χ3v) is 4.13. The Morgan fingerprint density at radius 1 is 1.19 bits per heavy atom. The van der Waals surface area contributed by atoms with Crippen molar-refractivity contribution >= 4 is 11.6 Å². The van der Waals surface area contributed by atoms with Crippen LogP contribution in [0.15, 0.2) is 0 Å². The summed E-state index contributed by atoms with van der Waals surface area (Å²) in [6.45, 7) is 9.25. The number of nitrogens with zero attached hydrogens (tertiary/aromatic N) is 2. The van der Waals surface area contributed by atoms with Gasteiger partial charge in [0.25, 0.3) is 0 Å². The SMILES string of the molecule is CNc1nc(C(C)(C)C)nc(NCC2CCC(O)C2)c1C. The molecule has 0 saturated heterocycles. The van der Waals surface area contributed by atoms with E-state index in [1.807, 2.05) is 14.0 Å². The smallest absolute Gasteiger partial charge is 0.138 e. The molecule has 2 rings (SSSR count). The normalized spacial score (nSPS) is 22.4. The Labute approximate surface area is 127 Å². The van der Waals surface area contributed by atoms with Gasteiger partial charge in [-0.1, -0.05) is 20.8 Å². The van der Waals surface area contributed by atoms with E-state index in [9.17, 15) is 5.11 Å². The summed E-state index contributed by atoms with van der Waals surface area (Å²) < 4.78 is 0. The van der Waals surface area contributed by atoms with Crippen LogP contribution in [0.1, 0.15) is 51.4 Å². The lowest BCUT2D eigenvalue weighted by Crippen LogP contribution is -2.21. The summed E-state index contributed by atoms with van der Waals surface area (Å²) in [5.41, 5.74) is 0.961. The van der Waals surface area contributed by atoms with E-state index in [1.165, 1.54) is 0 Å². The van der Waals surface area contributed by atoms with Crippen LogP contribution in [0.4, 0.5) is 11.6 Å². The van der Waals surface area contributed by atoms with Gasteiger partial charge in [-0.2, -0.15) is 0 Å². The number of hydrogen-bond acceptors (Lipinski definition) is 5. The van der Waals surface area contributed by atoms with Crippen molar-refractivity contribution in [1.82, 2.24) is 9.97 Å². The zero-order chi connectivity index (χ0) is 15.6. The standard InChI is InChI=1S/C16H28N4O/c1-10-13(17-5)19-15(16(2,3)4)20-14(10)18-9-11-6-7-12(21)8-11/h11-12,21H,6-9H2,1-5H3,(H2,17,18,19,20). The molecule has 1 aromatic heterocycles. The molecule has 0 bridgehead atoms. The Kier molecular flexibility index (Phi) is 4.71. The van der Waals surface area contributed by atoms with Gasteiger partial charge in [-0.25, -0.2) is 9.97 Å². The van der Waals surface area contributed by atoms with Crippen LogP contribution < -0.4 is 10.6 Å². The quantitative estimate of drug-likeness (QED) is 0.796. The van der Waals surface area contributed by atoms with Gasteiger partial charge in [0.2, 0.25) is 0 Å². The van der Waals surface area contributed by atoms with Crippen molar-refractivity contribution in [3.63, 3.8) is 0 Å². The Hall–Kier alpha value is -1.36. The van der Waals surface area contributed by atoms with E-state index in [0.29, 0.717) is 5.92 Å². The molecule has 5 nitrogen and oxygen atoms in total. The highest BCUT2D eigenvalue weighted by molar-refractivity contribution is 5.57. The predicted molar refractivity (Wildman–Crippen MR) is 86.9 cm³/mol. The number of aliphatic hydroxyl groups excluding tert-OH is 1. The highest BCUT2D eigenvalue weighted by Gasteiger charge is 2.24. The third-order valence-electron chi connectivity index (χ3n) is 4.13. The molecule has 5 heteroatoms. The van der Waals surface area contributed by atoms with Crippen molar-refractivity contribution < 1.29 is 5.11 Å². The Bertz CT molecular complexity index is 496. The second-order valence-electron chi connectivity index (χ2n) is 7.08. The number of nitrogens with one attached hydrogen (secondary N) is 2. The molecule has 0 amide bonds. The molecule has 0 aliphatic heterocycles. The third kappa shape index (κ3) is 3.84. The Morgan fingerprint density at radius 2 is 1.86 bits per heavy atom. The summed E-state index contributed by atoms with van der Waals surface area (Å²) in [4.78, 5) is 9.32. The van der Waals surface area contributed by atoms with Crippen molar-refractivity contribution in [2.24, 2.45) is 5.92 Å². The predicted octanol–water partition coefficient (Wildman–Crippen LogP) is 2.70. The molecule has 1 aliphatic rings. The minimum atomic E-state index is -0.124. The topological polar surface area (TPSA) is 70.1 Å². The van der Waals surface area contributed by atoms with Crippen LogP contribution in [0.5, 0.6) is 0 Å². The fraction of sp³-hybridized carbons (Fsp3) is 0.750. The summed E-state index contributed by atoms with van der Waals surface area (Å²) in [5, 5.41) is 16.2. The van der Waals surface area contributed by atoms with Gasteiger partial charge in [-0.15, -0.1) is 0 Å². The fourth-order valence-electron chi connectivity index (χ4n) is 2.74. The molecule has 1 saturated carbocycles. The number of rotatable bonds is 4. The van der Waals surface area contributed by atoms with Crippen LogP contribution in [0.3, 0.4) is 0 Å². The van der Waals surface area contributed by atoms with Gasteiger partial charge in [0.1, 0.15) is 17.5 Å². The van der Waals surface area contributed by atoms with E-state index in [-0.39, 0.29) is 11.5 Å². The Morgan fingerprint density at radius 3 is 2.38 bits per heavy atom. The lowest BCUT2D eigenvalue weighted by Gasteiger charge is -2.21. The maximum atomic E-state index is 9.62. The van der Waals surface area contributed by atoms with Gasteiger partial charge in [-0.3, -0.25) is 0 Å². The van der Waals surface area contributed by atoms with Crippen LogP contribution in [0.25, 0.3) is 0 Å². The van der Waals surface area contributed by atoms with E-state index >= 15 is 0 Å². The summed E-state index contributed by atoms with van der Waals surface area (Å²) in [7, 11) is 1.89. The van der Waals surface area contributed by atoms with Gasteiger partial charge in [-0.05, 0) is 32.1 Å². The van der Waals surface area contributed by atoms with Crippen LogP contribution in [0.2, 0.25) is 0 Å². The molecule has 1 aliphatic carbocycles. The zero-order valence-corrected chi connectivity index (χ0v) is 13.8. The van der Waals surface area contributed by atoms with Crippen molar-refractivity contribution in [2.45, 2.75) is 58.5 Å². The van der Waals surface area contributed by atoms with Crippen LogP contribution in [-0.2, 0) is 5.41 Å². The van der Waals surface area contributed by atoms with E-state index < -0.39 is 0 Å². The highest BCUT2D eigenvalue weighted by atomic mass is 16.3. The molecule has 0 aromatic carbocycles. The molecule has 0 radical (unpaired) electrons. The first kappa shape index (κ1) is 16.0. The Balaban J connectivity index is 2.17. The van der Waals surface area contributed by atoms with Crippen LogP contribution >= 0.6 is 0 Å². The summed E-state index contributed by atoms with van der Waals surface area (Å²) in [5.74, 6) is 3.15. The molecule has 2 atom stereocenters. The second-order valence-corrected chi connectivity index (χ2v) is 7.08. The van der Waals surface area contributed by atoms with Crippen molar-refractivity contribution in [3.8, 4) is 0 Å². The summed E-state index contributed by atoms with van der Waals surface area (Å²) in [6, 6.07) is 0. The zero-order valence-electron chi connectivity index (χ0n) is 13.8. The fourth-order valence-corrected chi connectivity index (χ4v) is 2.74. The summed E-state index contributed by atoms with van der Waals surface area (Å²) >= 11 is 0. The molecule has 1 fully saturated rings. The number of anilines is 2. The first-order chi connectivity index (χ1) is 9.81. The number of hydrogen-bond donors (Lipinski definition) is 3. The lowest BCUT2D eigenvalue weighted by atomic mass is 9.95. The molecule has 21 heavy (non-hydrogen) atoms. The molecule has 2 unspecified atom stereocenters. The first-order valence-electron chi connectivity index (χ1n) is 7.80. The van der Waals surface area contributed by atoms with E-state index in [2.05, 4.69) is 36.4 Å². The monoisotopic (exact) mass is 292 g/mol.